The van der Waals surface area contributed by atoms with Crippen molar-refractivity contribution in [1.82, 2.24) is 4.57 Å². The molecule has 7 rings (SSSR count). The highest BCUT2D eigenvalue weighted by atomic mass is 16.5. The summed E-state index contributed by atoms with van der Waals surface area (Å²) in [5.41, 5.74) is 6.58. The van der Waals surface area contributed by atoms with Crippen LogP contribution in [-0.2, 0) is 7.05 Å². The molecule has 1 aliphatic carbocycles. The number of likely N-dealkylation sites (N-methyl/N-ethyl adjacent to an activating group) is 1. The van der Waals surface area contributed by atoms with Crippen molar-refractivity contribution in [2.75, 3.05) is 26.2 Å². The second-order valence-corrected chi connectivity index (χ2v) is 10.8. The predicted octanol–water partition coefficient (Wildman–Crippen LogP) is 6.65. The molecule has 0 radical (unpaired) electrons. The number of hydrogen-bond acceptors (Lipinski definition) is 5. The van der Waals surface area contributed by atoms with Crippen molar-refractivity contribution in [3.63, 3.8) is 0 Å². The van der Waals surface area contributed by atoms with Crippen LogP contribution in [0.25, 0.3) is 38.5 Å². The molecule has 0 N–H and O–H groups in total. The minimum atomic E-state index is -0.369. The zero-order valence-corrected chi connectivity index (χ0v) is 23.9. The van der Waals surface area contributed by atoms with Gasteiger partial charge in [-0.25, -0.2) is 0 Å². The Kier molecular flexibility index (Phi) is 6.01. The number of pyridine rings is 1. The Hall–Kier alpha value is -5.10. The highest BCUT2D eigenvalue weighted by Crippen LogP contribution is 2.44. The van der Waals surface area contributed by atoms with Gasteiger partial charge in [-0.15, -0.1) is 0 Å². The Morgan fingerprint density at radius 1 is 0.714 bits per heavy atom. The lowest BCUT2D eigenvalue weighted by Crippen LogP contribution is -2.47. The molecule has 6 heteroatoms. The van der Waals surface area contributed by atoms with E-state index >= 15 is 0 Å². The van der Waals surface area contributed by atoms with Gasteiger partial charge < -0.3 is 18.9 Å². The molecule has 42 heavy (non-hydrogen) atoms. The molecule has 2 aliphatic rings. The summed E-state index contributed by atoms with van der Waals surface area (Å²) < 4.78 is 13.4. The molecule has 0 bridgehead atoms. The van der Waals surface area contributed by atoms with Crippen LogP contribution in [0.15, 0.2) is 102 Å². The fraction of sp³-hybridized carbons (Fsp3) is 0.167. The maximum atomic E-state index is 14.2. The van der Waals surface area contributed by atoms with E-state index in [9.17, 15) is 9.59 Å². The third kappa shape index (κ3) is 3.64. The van der Waals surface area contributed by atoms with E-state index in [1.54, 1.807) is 14.2 Å². The van der Waals surface area contributed by atoms with Crippen molar-refractivity contribution in [3.05, 3.63) is 118 Å². The van der Waals surface area contributed by atoms with Crippen LogP contribution in [0.2, 0.25) is 0 Å². The number of methoxy groups -OCH3 is 2. The number of ether oxygens (including phenoxy) is 2. The molecular weight excluding hydrogens is 524 g/mol. The van der Waals surface area contributed by atoms with E-state index in [0.717, 1.165) is 45.0 Å². The number of hydrogen-bond donors (Lipinski definition) is 0. The highest BCUT2D eigenvalue weighted by Gasteiger charge is 2.41. The van der Waals surface area contributed by atoms with E-state index in [2.05, 4.69) is 11.0 Å². The van der Waals surface area contributed by atoms with Gasteiger partial charge in [-0.2, -0.15) is 0 Å². The fourth-order valence-electron chi connectivity index (χ4n) is 6.78. The fourth-order valence-corrected chi connectivity index (χ4v) is 6.78. The third-order valence-electron chi connectivity index (χ3n) is 8.77. The molecule has 0 saturated heterocycles. The number of allylic oxidation sites excluding steroid dienone is 2. The summed E-state index contributed by atoms with van der Waals surface area (Å²) in [5.74, 6) is 1.16. The lowest BCUT2D eigenvalue weighted by atomic mass is 9.76. The molecule has 0 spiro atoms. The van der Waals surface area contributed by atoms with Gasteiger partial charge in [0.15, 0.2) is 11.2 Å². The van der Waals surface area contributed by atoms with Crippen LogP contribution >= 0.6 is 0 Å². The molecule has 2 heterocycles. The first kappa shape index (κ1) is 25.8. The zero-order valence-electron chi connectivity index (χ0n) is 23.9. The van der Waals surface area contributed by atoms with Crippen molar-refractivity contribution >= 4 is 38.8 Å². The number of anilines is 1. The average molecular weight is 555 g/mol. The number of para-hydroxylation sites is 3. The molecular formula is C36H30N2O4. The van der Waals surface area contributed by atoms with E-state index in [1.807, 2.05) is 110 Å². The number of Topliss-reactive ketones (excluding diaryl/α,β-unsaturated/α-hetero) is 1. The summed E-state index contributed by atoms with van der Waals surface area (Å²) in [6, 6.07) is 25.0. The Balaban J connectivity index is 1.46. The van der Waals surface area contributed by atoms with E-state index in [4.69, 9.17) is 9.47 Å². The summed E-state index contributed by atoms with van der Waals surface area (Å²) in [6.45, 7) is 0. The lowest BCUT2D eigenvalue weighted by Gasteiger charge is -2.42. The van der Waals surface area contributed by atoms with E-state index in [0.29, 0.717) is 21.9 Å². The van der Waals surface area contributed by atoms with Gasteiger partial charge in [0, 0.05) is 52.8 Å². The molecule has 0 amide bonds. The largest absolute Gasteiger partial charge is 0.496 e. The molecule has 208 valence electrons. The van der Waals surface area contributed by atoms with Crippen molar-refractivity contribution in [2.24, 2.45) is 13.0 Å². The second-order valence-electron chi connectivity index (χ2n) is 10.8. The summed E-state index contributed by atoms with van der Waals surface area (Å²) in [4.78, 5) is 30.4. The first-order valence-corrected chi connectivity index (χ1v) is 14.0. The maximum Gasteiger partial charge on any atom is 0.197 e. The van der Waals surface area contributed by atoms with Crippen molar-refractivity contribution in [2.45, 2.75) is 6.04 Å². The van der Waals surface area contributed by atoms with Gasteiger partial charge in [0.05, 0.1) is 37.2 Å². The number of rotatable bonds is 4. The Morgan fingerprint density at radius 2 is 1.38 bits per heavy atom. The highest BCUT2D eigenvalue weighted by molar-refractivity contribution is 6.12. The summed E-state index contributed by atoms with van der Waals surface area (Å²) in [6.07, 6.45) is 6.00. The summed E-state index contributed by atoms with van der Waals surface area (Å²) in [5, 5.41) is 1.19. The Labute approximate surface area is 243 Å². The smallest absolute Gasteiger partial charge is 0.197 e. The van der Waals surface area contributed by atoms with Crippen LogP contribution in [0, 0.1) is 5.92 Å². The normalized spacial score (nSPS) is 17.7. The van der Waals surface area contributed by atoms with Crippen LogP contribution in [0.5, 0.6) is 11.5 Å². The monoisotopic (exact) mass is 554 g/mol. The second kappa shape index (κ2) is 9.77. The van der Waals surface area contributed by atoms with Crippen LogP contribution in [0.3, 0.4) is 0 Å². The Morgan fingerprint density at radius 3 is 2.12 bits per heavy atom. The van der Waals surface area contributed by atoms with Gasteiger partial charge in [-0.05, 0) is 35.9 Å². The number of fused-ring (bicyclic) bond motifs is 4. The van der Waals surface area contributed by atoms with Crippen molar-refractivity contribution in [1.29, 1.82) is 0 Å². The van der Waals surface area contributed by atoms with Crippen molar-refractivity contribution < 1.29 is 14.3 Å². The van der Waals surface area contributed by atoms with Gasteiger partial charge in [-0.1, -0.05) is 66.8 Å². The lowest BCUT2D eigenvalue weighted by molar-refractivity contribution is 0.0931. The molecule has 4 aromatic carbocycles. The third-order valence-corrected chi connectivity index (χ3v) is 8.77. The first-order chi connectivity index (χ1) is 20.4. The number of nitrogens with zero attached hydrogens (tertiary/aromatic N) is 2. The van der Waals surface area contributed by atoms with Gasteiger partial charge in [-0.3, -0.25) is 9.59 Å². The molecule has 1 aromatic heterocycles. The molecule has 5 aromatic rings. The number of carbonyl (C=O) groups is 1. The molecule has 0 saturated carbocycles. The van der Waals surface area contributed by atoms with Gasteiger partial charge >= 0.3 is 0 Å². The zero-order chi connectivity index (χ0) is 29.1. The minimum absolute atomic E-state index is 0.0392. The van der Waals surface area contributed by atoms with E-state index in [-0.39, 0.29) is 23.2 Å². The molecule has 2 unspecified atom stereocenters. The van der Waals surface area contributed by atoms with E-state index in [1.165, 1.54) is 0 Å². The summed E-state index contributed by atoms with van der Waals surface area (Å²) in [7, 11) is 7.26. The van der Waals surface area contributed by atoms with Crippen molar-refractivity contribution in [3.8, 4) is 22.6 Å². The first-order valence-electron chi connectivity index (χ1n) is 14.0. The van der Waals surface area contributed by atoms with Gasteiger partial charge in [0.25, 0.3) is 0 Å². The molecule has 2 atom stereocenters. The number of benzene rings is 4. The van der Waals surface area contributed by atoms with Crippen LogP contribution in [0.4, 0.5) is 5.69 Å². The topological polar surface area (TPSA) is 60.8 Å². The Bertz CT molecular complexity index is 2050. The minimum Gasteiger partial charge on any atom is -0.496 e. The SMILES string of the molecule is COc1ccccc1C1=CC=CC2C(=O)c3cc4c(cc3N(C)C12)c(=O)c1cccc(-c2ccccc2OC)c1n4C. The quantitative estimate of drug-likeness (QED) is 0.233. The molecule has 1 aliphatic heterocycles. The van der Waals surface area contributed by atoms with Gasteiger partial charge in [0.2, 0.25) is 0 Å². The predicted molar refractivity (Wildman–Crippen MR) is 169 cm³/mol. The van der Waals surface area contributed by atoms with Crippen LogP contribution in [-0.4, -0.2) is 37.7 Å². The standard InChI is InChI=1S/C36H30N2O4/c1-37-29-19-28-30(38(2)34-24(14-10-16-26(34)36(28)40)22-12-6-8-18-32(22)42-4)20-27(29)35(39)25-15-9-13-23(33(25)37)21-11-5-7-17-31(21)41-3/h5-20,25,33H,1-4H3. The van der Waals surface area contributed by atoms with Crippen LogP contribution in [0.1, 0.15) is 15.9 Å². The number of ketones is 1. The number of aryl methyl sites for hydroxylation is 1. The molecule has 0 fully saturated rings. The van der Waals surface area contributed by atoms with E-state index < -0.39 is 0 Å². The van der Waals surface area contributed by atoms with Crippen LogP contribution < -0.4 is 19.8 Å². The van der Waals surface area contributed by atoms with Gasteiger partial charge in [0.1, 0.15) is 11.5 Å². The maximum absolute atomic E-state index is 14.2. The molecule has 6 nitrogen and oxygen atoms in total. The number of aromatic nitrogens is 1. The summed E-state index contributed by atoms with van der Waals surface area (Å²) >= 11 is 0. The average Bonchev–Trinajstić information content (AvgIpc) is 3.04. The number of carbonyl (C=O) groups excluding carboxylic acids is 1.